The van der Waals surface area contributed by atoms with E-state index in [1.165, 1.54) is 0 Å². The fraction of sp³-hybridized carbons (Fsp3) is 0.438. The van der Waals surface area contributed by atoms with Crippen LogP contribution in [0.25, 0.3) is 10.9 Å². The first-order valence-corrected chi connectivity index (χ1v) is 7.56. The van der Waals surface area contributed by atoms with E-state index in [0.29, 0.717) is 18.9 Å². The van der Waals surface area contributed by atoms with E-state index in [2.05, 4.69) is 24.1 Å². The van der Waals surface area contributed by atoms with Gasteiger partial charge in [0.05, 0.1) is 12.5 Å². The summed E-state index contributed by atoms with van der Waals surface area (Å²) < 4.78 is 12.8. The predicted molar refractivity (Wildman–Crippen MR) is 82.2 cm³/mol. The van der Waals surface area contributed by atoms with Crippen molar-refractivity contribution in [1.29, 1.82) is 0 Å². The molecule has 1 saturated carbocycles. The van der Waals surface area contributed by atoms with E-state index < -0.39 is 12.1 Å². The molecule has 112 valence electrons. The first kappa shape index (κ1) is 14.4. The Hall–Kier alpha value is -1.55. The van der Waals surface area contributed by atoms with E-state index in [-0.39, 0.29) is 5.91 Å². The van der Waals surface area contributed by atoms with Gasteiger partial charge in [0.1, 0.15) is 6.17 Å². The molecule has 0 saturated heterocycles. The highest BCUT2D eigenvalue weighted by molar-refractivity contribution is 6.32. The fourth-order valence-electron chi connectivity index (χ4n) is 2.52. The lowest BCUT2D eigenvalue weighted by atomic mass is 10.0. The maximum atomic E-state index is 12.8. The van der Waals surface area contributed by atoms with Crippen LogP contribution in [-0.4, -0.2) is 17.1 Å². The van der Waals surface area contributed by atoms with Crippen LogP contribution in [0.3, 0.4) is 0 Å². The molecule has 3 nitrogen and oxygen atoms in total. The van der Waals surface area contributed by atoms with Gasteiger partial charge in [0, 0.05) is 21.6 Å². The quantitative estimate of drug-likeness (QED) is 0.883. The molecule has 1 aliphatic rings. The third kappa shape index (κ3) is 2.91. The van der Waals surface area contributed by atoms with Crippen LogP contribution >= 0.6 is 11.6 Å². The van der Waals surface area contributed by atoms with Gasteiger partial charge in [-0.25, -0.2) is 4.39 Å². The molecule has 2 aromatic rings. The minimum absolute atomic E-state index is 0.206. The molecule has 0 radical (unpaired) electrons. The van der Waals surface area contributed by atoms with E-state index in [1.54, 1.807) is 0 Å². The number of carbonyl (C=O) groups excluding carboxylic acids is 1. The zero-order chi connectivity index (χ0) is 15.1. The molecule has 3 rings (SSSR count). The number of halogens is 2. The summed E-state index contributed by atoms with van der Waals surface area (Å²) >= 11 is 6.28. The molecule has 2 unspecified atom stereocenters. The van der Waals surface area contributed by atoms with Crippen molar-refractivity contribution in [3.05, 3.63) is 34.5 Å². The summed E-state index contributed by atoms with van der Waals surface area (Å²) in [7, 11) is 0. The van der Waals surface area contributed by atoms with Crippen molar-refractivity contribution in [3.8, 4) is 0 Å². The van der Waals surface area contributed by atoms with Gasteiger partial charge in [-0.2, -0.15) is 0 Å². The standard InChI is InChI=1S/C16H18ClFN2O/c1-8(2)11-6-15-9(4-13(11)17)3-10(20-15)7-19-16(21)12-5-14(12)18/h3-4,6,8,12,14,20H,5,7H2,1-2H3,(H,19,21). The molecule has 0 spiro atoms. The third-order valence-corrected chi connectivity index (χ3v) is 4.25. The van der Waals surface area contributed by atoms with Crippen LogP contribution in [0.1, 0.15) is 37.4 Å². The van der Waals surface area contributed by atoms with E-state index in [1.807, 2.05) is 18.2 Å². The zero-order valence-electron chi connectivity index (χ0n) is 12.0. The van der Waals surface area contributed by atoms with Crippen LogP contribution in [0.5, 0.6) is 0 Å². The first-order chi connectivity index (χ1) is 9.95. The summed E-state index contributed by atoms with van der Waals surface area (Å²) in [5.74, 6) is -0.303. The number of hydrogen-bond donors (Lipinski definition) is 2. The number of nitrogens with one attached hydrogen (secondary N) is 2. The second kappa shape index (κ2) is 5.34. The smallest absolute Gasteiger partial charge is 0.226 e. The average Bonchev–Trinajstić information content (AvgIpc) is 3.01. The maximum Gasteiger partial charge on any atom is 0.226 e. The van der Waals surface area contributed by atoms with Crippen LogP contribution in [0.4, 0.5) is 4.39 Å². The SMILES string of the molecule is CC(C)c1cc2[nH]c(CNC(=O)C3CC3F)cc2cc1Cl. The minimum Gasteiger partial charge on any atom is -0.357 e. The summed E-state index contributed by atoms with van der Waals surface area (Å²) in [5, 5.41) is 4.53. The van der Waals surface area contributed by atoms with Gasteiger partial charge in [-0.15, -0.1) is 0 Å². The Morgan fingerprint density at radius 1 is 1.48 bits per heavy atom. The molecule has 0 bridgehead atoms. The second-order valence-electron chi connectivity index (χ2n) is 5.99. The Bertz CT molecular complexity index is 695. The molecule has 1 aliphatic carbocycles. The summed E-state index contributed by atoms with van der Waals surface area (Å²) in [4.78, 5) is 14.9. The highest BCUT2D eigenvalue weighted by Gasteiger charge is 2.43. The second-order valence-corrected chi connectivity index (χ2v) is 6.39. The Kier molecular flexibility index (Phi) is 3.66. The van der Waals surface area contributed by atoms with Gasteiger partial charge in [-0.05, 0) is 36.1 Å². The molecule has 0 aliphatic heterocycles. The van der Waals surface area contributed by atoms with E-state index in [4.69, 9.17) is 11.6 Å². The van der Waals surface area contributed by atoms with Gasteiger partial charge in [-0.3, -0.25) is 4.79 Å². The normalized spacial score (nSPS) is 21.0. The molecule has 21 heavy (non-hydrogen) atoms. The van der Waals surface area contributed by atoms with Crippen molar-refractivity contribution < 1.29 is 9.18 Å². The van der Waals surface area contributed by atoms with Gasteiger partial charge < -0.3 is 10.3 Å². The van der Waals surface area contributed by atoms with Gasteiger partial charge >= 0.3 is 0 Å². The number of fused-ring (bicyclic) bond motifs is 1. The van der Waals surface area contributed by atoms with E-state index in [0.717, 1.165) is 27.2 Å². The largest absolute Gasteiger partial charge is 0.357 e. The van der Waals surface area contributed by atoms with Gasteiger partial charge in [-0.1, -0.05) is 25.4 Å². The van der Waals surface area contributed by atoms with Crippen molar-refractivity contribution in [1.82, 2.24) is 10.3 Å². The van der Waals surface area contributed by atoms with E-state index >= 15 is 0 Å². The average molecular weight is 309 g/mol. The number of hydrogen-bond acceptors (Lipinski definition) is 1. The molecule has 1 aromatic carbocycles. The summed E-state index contributed by atoms with van der Waals surface area (Å²) in [5.41, 5.74) is 2.99. The van der Waals surface area contributed by atoms with Gasteiger partial charge in [0.25, 0.3) is 0 Å². The molecule has 5 heteroatoms. The number of benzene rings is 1. The Morgan fingerprint density at radius 3 is 2.81 bits per heavy atom. The molecular weight excluding hydrogens is 291 g/mol. The zero-order valence-corrected chi connectivity index (χ0v) is 12.8. The molecule has 1 fully saturated rings. The highest BCUT2D eigenvalue weighted by atomic mass is 35.5. The number of amides is 1. The summed E-state index contributed by atoms with van der Waals surface area (Å²) in [6, 6.07) is 5.95. The van der Waals surface area contributed by atoms with Crippen LogP contribution in [-0.2, 0) is 11.3 Å². The molecule has 2 atom stereocenters. The van der Waals surface area contributed by atoms with Crippen molar-refractivity contribution in [3.63, 3.8) is 0 Å². The monoisotopic (exact) mass is 308 g/mol. The highest BCUT2D eigenvalue weighted by Crippen LogP contribution is 2.34. The molecule has 1 heterocycles. The Balaban J connectivity index is 1.76. The van der Waals surface area contributed by atoms with Gasteiger partial charge in [0.2, 0.25) is 5.91 Å². The molecule has 2 N–H and O–H groups in total. The lowest BCUT2D eigenvalue weighted by Gasteiger charge is -2.07. The Morgan fingerprint density at radius 2 is 2.19 bits per heavy atom. The number of rotatable bonds is 4. The summed E-state index contributed by atoms with van der Waals surface area (Å²) in [6.07, 6.45) is -0.605. The topological polar surface area (TPSA) is 44.9 Å². The first-order valence-electron chi connectivity index (χ1n) is 7.18. The lowest BCUT2D eigenvalue weighted by molar-refractivity contribution is -0.122. The van der Waals surface area contributed by atoms with Crippen LogP contribution in [0.15, 0.2) is 18.2 Å². The molecular formula is C16H18ClFN2O. The van der Waals surface area contributed by atoms with Crippen molar-refractivity contribution in [2.24, 2.45) is 5.92 Å². The Labute approximate surface area is 127 Å². The van der Waals surface area contributed by atoms with Crippen molar-refractivity contribution in [2.75, 3.05) is 0 Å². The molecule has 1 aromatic heterocycles. The van der Waals surface area contributed by atoms with Crippen LogP contribution in [0.2, 0.25) is 5.02 Å². The number of aromatic amines is 1. The predicted octanol–water partition coefficient (Wildman–Crippen LogP) is 3.92. The fourth-order valence-corrected chi connectivity index (χ4v) is 2.91. The van der Waals surface area contributed by atoms with Crippen LogP contribution < -0.4 is 5.32 Å². The third-order valence-electron chi connectivity index (χ3n) is 3.92. The minimum atomic E-state index is -0.958. The van der Waals surface area contributed by atoms with Gasteiger partial charge in [0.15, 0.2) is 0 Å². The molecule has 1 amide bonds. The number of aromatic nitrogens is 1. The number of H-pyrrole nitrogens is 1. The summed E-state index contributed by atoms with van der Waals surface area (Å²) in [6.45, 7) is 4.58. The number of carbonyl (C=O) groups is 1. The van der Waals surface area contributed by atoms with Crippen molar-refractivity contribution in [2.45, 2.75) is 38.9 Å². The maximum absolute atomic E-state index is 12.8. The number of alkyl halides is 1. The lowest BCUT2D eigenvalue weighted by Crippen LogP contribution is -2.25. The van der Waals surface area contributed by atoms with Crippen LogP contribution in [0, 0.1) is 5.92 Å². The van der Waals surface area contributed by atoms with E-state index in [9.17, 15) is 9.18 Å². The van der Waals surface area contributed by atoms with Crippen molar-refractivity contribution >= 4 is 28.4 Å².